The van der Waals surface area contributed by atoms with E-state index in [1.807, 2.05) is 6.26 Å². The minimum Gasteiger partial charge on any atom is -0.480 e. The Balaban J connectivity index is 4.40. The van der Waals surface area contributed by atoms with Gasteiger partial charge < -0.3 is 21.5 Å². The van der Waals surface area contributed by atoms with E-state index in [9.17, 15) is 14.4 Å². The van der Waals surface area contributed by atoms with Gasteiger partial charge >= 0.3 is 12.0 Å². The lowest BCUT2D eigenvalue weighted by molar-refractivity contribution is -0.141. The number of carboxylic acids is 1. The van der Waals surface area contributed by atoms with E-state index in [4.69, 9.17) is 10.8 Å². The maximum absolute atomic E-state index is 11.6. The SMILES string of the molecule is CSCCC(NC(N)=O)C(=O)NC(C)C(=O)O. The van der Waals surface area contributed by atoms with Crippen LogP contribution in [0, 0.1) is 0 Å². The molecule has 7 nitrogen and oxygen atoms in total. The van der Waals surface area contributed by atoms with Crippen molar-refractivity contribution in [3.63, 3.8) is 0 Å². The molecule has 0 saturated carbocycles. The first-order chi connectivity index (χ1) is 7.88. The van der Waals surface area contributed by atoms with Crippen molar-refractivity contribution < 1.29 is 19.5 Å². The maximum atomic E-state index is 11.6. The highest BCUT2D eigenvalue weighted by Crippen LogP contribution is 2.01. The van der Waals surface area contributed by atoms with Gasteiger partial charge in [-0.15, -0.1) is 0 Å². The topological polar surface area (TPSA) is 122 Å². The maximum Gasteiger partial charge on any atom is 0.325 e. The Kier molecular flexibility index (Phi) is 7.11. The molecule has 0 heterocycles. The molecule has 0 aromatic rings. The van der Waals surface area contributed by atoms with Crippen LogP contribution in [0.4, 0.5) is 4.79 Å². The van der Waals surface area contributed by atoms with Crippen molar-refractivity contribution in [1.82, 2.24) is 10.6 Å². The molecule has 0 saturated heterocycles. The third-order valence-electron chi connectivity index (χ3n) is 1.97. The minimum atomic E-state index is -1.14. The van der Waals surface area contributed by atoms with Crippen LogP contribution >= 0.6 is 11.8 Å². The number of carbonyl (C=O) groups is 3. The third-order valence-corrected chi connectivity index (χ3v) is 2.62. The van der Waals surface area contributed by atoms with Crippen LogP contribution in [0.2, 0.25) is 0 Å². The molecule has 0 spiro atoms. The summed E-state index contributed by atoms with van der Waals surface area (Å²) < 4.78 is 0. The molecule has 0 fully saturated rings. The van der Waals surface area contributed by atoms with Crippen LogP contribution in [-0.2, 0) is 9.59 Å². The first kappa shape index (κ1) is 15.6. The number of carbonyl (C=O) groups excluding carboxylic acids is 2. The fourth-order valence-corrected chi connectivity index (χ4v) is 1.52. The summed E-state index contributed by atoms with van der Waals surface area (Å²) in [5.41, 5.74) is 4.94. The van der Waals surface area contributed by atoms with Gasteiger partial charge in [-0.2, -0.15) is 11.8 Å². The fourth-order valence-electron chi connectivity index (χ4n) is 1.05. The molecule has 0 aliphatic carbocycles. The number of thioether (sulfide) groups is 1. The normalized spacial score (nSPS) is 13.5. The smallest absolute Gasteiger partial charge is 0.325 e. The molecule has 0 radical (unpaired) electrons. The predicted molar refractivity (Wildman–Crippen MR) is 64.7 cm³/mol. The molecule has 0 aliphatic rings. The number of hydrogen-bond acceptors (Lipinski definition) is 4. The van der Waals surface area contributed by atoms with Crippen LogP contribution in [-0.4, -0.2) is 47.1 Å². The molecular formula is C9H17N3O4S. The number of nitrogens with two attached hydrogens (primary N) is 1. The molecular weight excluding hydrogens is 246 g/mol. The summed E-state index contributed by atoms with van der Waals surface area (Å²) in [6, 6.07) is -2.62. The second-order valence-corrected chi connectivity index (χ2v) is 4.40. The predicted octanol–water partition coefficient (Wildman–Crippen LogP) is -0.634. The van der Waals surface area contributed by atoms with Crippen molar-refractivity contribution in [2.75, 3.05) is 12.0 Å². The molecule has 3 amide bonds. The molecule has 17 heavy (non-hydrogen) atoms. The van der Waals surface area contributed by atoms with E-state index in [1.54, 1.807) is 0 Å². The minimum absolute atomic E-state index is 0.391. The molecule has 8 heteroatoms. The van der Waals surface area contributed by atoms with Crippen molar-refractivity contribution in [3.8, 4) is 0 Å². The second kappa shape index (κ2) is 7.77. The van der Waals surface area contributed by atoms with Crippen LogP contribution in [0.5, 0.6) is 0 Å². The highest BCUT2D eigenvalue weighted by Gasteiger charge is 2.22. The zero-order valence-corrected chi connectivity index (χ0v) is 10.5. The molecule has 2 unspecified atom stereocenters. The van der Waals surface area contributed by atoms with E-state index < -0.39 is 30.0 Å². The molecule has 0 aliphatic heterocycles. The highest BCUT2D eigenvalue weighted by molar-refractivity contribution is 7.98. The van der Waals surface area contributed by atoms with Gasteiger partial charge in [-0.3, -0.25) is 9.59 Å². The third kappa shape index (κ3) is 6.67. The summed E-state index contributed by atoms with van der Waals surface area (Å²) in [6.07, 6.45) is 2.25. The summed E-state index contributed by atoms with van der Waals surface area (Å²) in [7, 11) is 0. The highest BCUT2D eigenvalue weighted by atomic mass is 32.2. The summed E-state index contributed by atoms with van der Waals surface area (Å²) in [5, 5.41) is 13.2. The standard InChI is InChI=1S/C9H17N3O4S/c1-5(8(14)15)11-7(13)6(3-4-17-2)12-9(10)16/h5-6H,3-4H2,1-2H3,(H,11,13)(H,14,15)(H3,10,12,16). The van der Waals surface area contributed by atoms with E-state index >= 15 is 0 Å². The Hall–Kier alpha value is -1.44. The van der Waals surface area contributed by atoms with Crippen molar-refractivity contribution >= 4 is 29.7 Å². The van der Waals surface area contributed by atoms with Gasteiger partial charge in [0.2, 0.25) is 5.91 Å². The number of amides is 3. The average molecular weight is 263 g/mol. The summed E-state index contributed by atoms with van der Waals surface area (Å²) in [5.74, 6) is -1.03. The molecule has 0 rings (SSSR count). The Morgan fingerprint density at radius 2 is 1.94 bits per heavy atom. The van der Waals surface area contributed by atoms with Gasteiger partial charge in [0.05, 0.1) is 0 Å². The summed E-state index contributed by atoms with van der Waals surface area (Å²) in [6.45, 7) is 1.34. The molecule has 0 aromatic heterocycles. The van der Waals surface area contributed by atoms with Crippen molar-refractivity contribution in [2.24, 2.45) is 5.73 Å². The molecule has 0 bridgehead atoms. The van der Waals surface area contributed by atoms with Crippen LogP contribution in [0.3, 0.4) is 0 Å². The van der Waals surface area contributed by atoms with Gasteiger partial charge in [0.25, 0.3) is 0 Å². The first-order valence-corrected chi connectivity index (χ1v) is 6.36. The number of urea groups is 1. The Bertz CT molecular complexity index is 298. The number of nitrogens with one attached hydrogen (secondary N) is 2. The average Bonchev–Trinajstić information content (AvgIpc) is 2.23. The van der Waals surface area contributed by atoms with Gasteiger partial charge in [0.1, 0.15) is 12.1 Å². The molecule has 98 valence electrons. The van der Waals surface area contributed by atoms with Crippen molar-refractivity contribution in [3.05, 3.63) is 0 Å². The summed E-state index contributed by atoms with van der Waals surface area (Å²) >= 11 is 1.51. The lowest BCUT2D eigenvalue weighted by Crippen LogP contribution is -2.52. The van der Waals surface area contributed by atoms with Gasteiger partial charge in [-0.25, -0.2) is 4.79 Å². The number of rotatable bonds is 7. The molecule has 5 N–H and O–H groups in total. The van der Waals surface area contributed by atoms with Crippen LogP contribution in [0.1, 0.15) is 13.3 Å². The number of carboxylic acid groups (broad SMARTS) is 1. The zero-order valence-electron chi connectivity index (χ0n) is 9.73. The van der Waals surface area contributed by atoms with E-state index in [2.05, 4.69) is 10.6 Å². The zero-order chi connectivity index (χ0) is 13.4. The lowest BCUT2D eigenvalue weighted by Gasteiger charge is -2.18. The Morgan fingerprint density at radius 1 is 1.35 bits per heavy atom. The van der Waals surface area contributed by atoms with Gasteiger partial charge in [-0.1, -0.05) is 0 Å². The molecule has 0 aromatic carbocycles. The van der Waals surface area contributed by atoms with Crippen LogP contribution < -0.4 is 16.4 Å². The first-order valence-electron chi connectivity index (χ1n) is 4.96. The summed E-state index contributed by atoms with van der Waals surface area (Å²) in [4.78, 5) is 32.9. The Morgan fingerprint density at radius 3 is 2.35 bits per heavy atom. The lowest BCUT2D eigenvalue weighted by atomic mass is 10.2. The van der Waals surface area contributed by atoms with E-state index in [0.717, 1.165) is 0 Å². The van der Waals surface area contributed by atoms with E-state index in [-0.39, 0.29) is 0 Å². The quantitative estimate of drug-likeness (QED) is 0.487. The van der Waals surface area contributed by atoms with Crippen molar-refractivity contribution in [2.45, 2.75) is 25.4 Å². The number of primary amides is 1. The van der Waals surface area contributed by atoms with Crippen molar-refractivity contribution in [1.29, 1.82) is 0 Å². The van der Waals surface area contributed by atoms with E-state index in [1.165, 1.54) is 18.7 Å². The largest absolute Gasteiger partial charge is 0.480 e. The molecule has 2 atom stereocenters. The van der Waals surface area contributed by atoms with Crippen LogP contribution in [0.15, 0.2) is 0 Å². The Labute approximate surface area is 104 Å². The number of aliphatic carboxylic acids is 1. The van der Waals surface area contributed by atoms with Gasteiger partial charge in [0, 0.05) is 0 Å². The fraction of sp³-hybridized carbons (Fsp3) is 0.667. The van der Waals surface area contributed by atoms with Gasteiger partial charge in [-0.05, 0) is 25.4 Å². The second-order valence-electron chi connectivity index (χ2n) is 3.41. The van der Waals surface area contributed by atoms with Gasteiger partial charge in [0.15, 0.2) is 0 Å². The number of hydrogen-bond donors (Lipinski definition) is 4. The monoisotopic (exact) mass is 263 g/mol. The van der Waals surface area contributed by atoms with E-state index in [0.29, 0.717) is 12.2 Å². The van der Waals surface area contributed by atoms with Crippen LogP contribution in [0.25, 0.3) is 0 Å².